The number of hydrogen-bond donors (Lipinski definition) is 0. The highest BCUT2D eigenvalue weighted by atomic mass is 32.1. The molecule has 3 heterocycles. The largest absolute Gasteiger partial charge is 0.461 e. The van der Waals surface area contributed by atoms with Gasteiger partial charge in [-0.1, -0.05) is 48.5 Å². The summed E-state index contributed by atoms with van der Waals surface area (Å²) >= 11 is 1.76. The molecule has 1 aliphatic heterocycles. The summed E-state index contributed by atoms with van der Waals surface area (Å²) in [6.45, 7) is 2.91. The van der Waals surface area contributed by atoms with Gasteiger partial charge in [0.15, 0.2) is 0 Å². The van der Waals surface area contributed by atoms with Crippen LogP contribution in [-0.4, -0.2) is 16.4 Å². The first kappa shape index (κ1) is 17.0. The highest BCUT2D eigenvalue weighted by Gasteiger charge is 2.22. The van der Waals surface area contributed by atoms with Crippen molar-refractivity contribution >= 4 is 32.5 Å². The van der Waals surface area contributed by atoms with E-state index in [1.807, 2.05) is 12.1 Å². The fourth-order valence-corrected chi connectivity index (χ4v) is 5.24. The van der Waals surface area contributed by atoms with E-state index in [9.17, 15) is 0 Å². The minimum absolute atomic E-state index is 0.942. The zero-order chi connectivity index (χ0) is 19.2. The van der Waals surface area contributed by atoms with E-state index in [-0.39, 0.29) is 0 Å². The Morgan fingerprint density at radius 3 is 2.83 bits per heavy atom. The predicted molar refractivity (Wildman–Crippen MR) is 119 cm³/mol. The van der Waals surface area contributed by atoms with Crippen LogP contribution in [0.15, 0.2) is 77.2 Å². The van der Waals surface area contributed by atoms with Crippen LogP contribution in [0.25, 0.3) is 31.8 Å². The zero-order valence-electron chi connectivity index (χ0n) is 16.0. The lowest BCUT2D eigenvalue weighted by molar-refractivity contribution is 0.235. The summed E-state index contributed by atoms with van der Waals surface area (Å²) in [5.74, 6) is 1.16. The molecule has 0 unspecified atom stereocenters. The summed E-state index contributed by atoms with van der Waals surface area (Å²) in [5.41, 5.74) is 5.98. The second-order valence-corrected chi connectivity index (χ2v) is 8.68. The van der Waals surface area contributed by atoms with Crippen molar-refractivity contribution in [1.29, 1.82) is 0 Å². The molecule has 2 aromatic heterocycles. The van der Waals surface area contributed by atoms with Gasteiger partial charge in [0.05, 0.1) is 10.2 Å². The molecule has 0 atom stereocenters. The maximum Gasteiger partial charge on any atom is 0.134 e. The number of nitrogens with zero attached hydrogens (tertiary/aromatic N) is 2. The van der Waals surface area contributed by atoms with Gasteiger partial charge in [0.1, 0.15) is 16.4 Å². The Kier molecular flexibility index (Phi) is 3.99. The van der Waals surface area contributed by atoms with Crippen molar-refractivity contribution in [2.24, 2.45) is 0 Å². The Morgan fingerprint density at radius 2 is 1.86 bits per heavy atom. The van der Waals surface area contributed by atoms with Crippen molar-refractivity contribution in [2.75, 3.05) is 6.54 Å². The van der Waals surface area contributed by atoms with Crippen molar-refractivity contribution < 1.29 is 4.42 Å². The molecule has 6 rings (SSSR count). The Balaban J connectivity index is 1.27. The summed E-state index contributed by atoms with van der Waals surface area (Å²) in [7, 11) is 0. The molecule has 0 aliphatic carbocycles. The van der Waals surface area contributed by atoms with E-state index < -0.39 is 0 Å². The summed E-state index contributed by atoms with van der Waals surface area (Å²) in [6, 6.07) is 25.6. The molecule has 29 heavy (non-hydrogen) atoms. The van der Waals surface area contributed by atoms with Gasteiger partial charge in [-0.3, -0.25) is 4.90 Å². The van der Waals surface area contributed by atoms with E-state index in [4.69, 9.17) is 9.40 Å². The number of fused-ring (bicyclic) bond motifs is 4. The SMILES string of the molecule is c1cc(CN2CCc3oc4ccccc4c3C2)cc(-c2nc3ccccc3s2)c1. The van der Waals surface area contributed by atoms with Crippen LogP contribution >= 0.6 is 11.3 Å². The average molecular weight is 397 g/mol. The van der Waals surface area contributed by atoms with E-state index in [1.165, 1.54) is 26.8 Å². The van der Waals surface area contributed by atoms with Gasteiger partial charge in [-0.25, -0.2) is 4.98 Å². The van der Waals surface area contributed by atoms with E-state index in [2.05, 4.69) is 65.6 Å². The van der Waals surface area contributed by atoms with Crippen molar-refractivity contribution in [3.05, 3.63) is 89.7 Å². The van der Waals surface area contributed by atoms with E-state index in [0.29, 0.717) is 0 Å². The van der Waals surface area contributed by atoms with Crippen molar-refractivity contribution in [3.8, 4) is 10.6 Å². The third kappa shape index (κ3) is 3.05. The third-order valence-corrected chi connectivity index (χ3v) is 6.78. The van der Waals surface area contributed by atoms with Gasteiger partial charge < -0.3 is 4.42 Å². The van der Waals surface area contributed by atoms with Crippen LogP contribution in [0, 0.1) is 0 Å². The quantitative estimate of drug-likeness (QED) is 0.360. The maximum atomic E-state index is 6.06. The first-order chi connectivity index (χ1) is 14.3. The van der Waals surface area contributed by atoms with Crippen molar-refractivity contribution in [3.63, 3.8) is 0 Å². The molecule has 0 N–H and O–H groups in total. The lowest BCUT2D eigenvalue weighted by atomic mass is 10.0. The van der Waals surface area contributed by atoms with Gasteiger partial charge in [-0.05, 0) is 29.8 Å². The van der Waals surface area contributed by atoms with Crippen LogP contribution in [0.3, 0.4) is 0 Å². The molecule has 4 heteroatoms. The van der Waals surface area contributed by atoms with Gasteiger partial charge in [0.25, 0.3) is 0 Å². The maximum absolute atomic E-state index is 6.06. The summed E-state index contributed by atoms with van der Waals surface area (Å²) in [6.07, 6.45) is 0.974. The van der Waals surface area contributed by atoms with Crippen LogP contribution in [0.2, 0.25) is 0 Å². The van der Waals surface area contributed by atoms with Gasteiger partial charge in [-0.15, -0.1) is 11.3 Å². The van der Waals surface area contributed by atoms with Crippen LogP contribution in [0.4, 0.5) is 0 Å². The molecule has 0 spiro atoms. The first-order valence-corrected chi connectivity index (χ1v) is 10.8. The monoisotopic (exact) mass is 396 g/mol. The van der Waals surface area contributed by atoms with Crippen LogP contribution in [0.5, 0.6) is 0 Å². The number of para-hydroxylation sites is 2. The Morgan fingerprint density at radius 1 is 0.966 bits per heavy atom. The topological polar surface area (TPSA) is 29.3 Å². The molecule has 3 aromatic carbocycles. The predicted octanol–water partition coefficient (Wildman–Crippen LogP) is 6.27. The molecule has 0 radical (unpaired) electrons. The van der Waals surface area contributed by atoms with Crippen molar-refractivity contribution in [1.82, 2.24) is 9.88 Å². The highest BCUT2D eigenvalue weighted by Crippen LogP contribution is 2.33. The van der Waals surface area contributed by atoms with Gasteiger partial charge in [0, 0.05) is 42.6 Å². The summed E-state index contributed by atoms with van der Waals surface area (Å²) in [5, 5.41) is 2.35. The standard InChI is InChI=1S/C25H20N2OS/c1-3-10-22-19(8-1)20-16-27(13-12-23(20)28-22)15-17-6-5-7-18(14-17)25-26-21-9-2-4-11-24(21)29-25/h1-11,14H,12-13,15-16H2. The molecule has 142 valence electrons. The lowest BCUT2D eigenvalue weighted by Crippen LogP contribution is -2.29. The summed E-state index contributed by atoms with van der Waals surface area (Å²) < 4.78 is 7.30. The first-order valence-electron chi connectivity index (χ1n) is 10.00. The van der Waals surface area contributed by atoms with Gasteiger partial charge in [-0.2, -0.15) is 0 Å². The number of rotatable bonds is 3. The Bertz CT molecular complexity index is 1300. The van der Waals surface area contributed by atoms with E-state index in [0.717, 1.165) is 47.9 Å². The number of furan rings is 1. The number of thiazole rings is 1. The number of aromatic nitrogens is 1. The summed E-state index contributed by atoms with van der Waals surface area (Å²) in [4.78, 5) is 7.34. The fourth-order valence-electron chi connectivity index (χ4n) is 4.28. The zero-order valence-corrected chi connectivity index (χ0v) is 16.8. The van der Waals surface area contributed by atoms with Gasteiger partial charge in [0.2, 0.25) is 0 Å². The molecule has 0 fully saturated rings. The molecular formula is C25H20N2OS. The van der Waals surface area contributed by atoms with Crippen LogP contribution < -0.4 is 0 Å². The Labute approximate surface area is 173 Å². The van der Waals surface area contributed by atoms with Crippen LogP contribution in [-0.2, 0) is 19.5 Å². The van der Waals surface area contributed by atoms with Gasteiger partial charge >= 0.3 is 0 Å². The smallest absolute Gasteiger partial charge is 0.134 e. The average Bonchev–Trinajstić information content (AvgIpc) is 3.35. The third-order valence-electron chi connectivity index (χ3n) is 5.69. The molecule has 0 saturated heterocycles. The Hall–Kier alpha value is -2.95. The highest BCUT2D eigenvalue weighted by molar-refractivity contribution is 7.21. The van der Waals surface area contributed by atoms with E-state index >= 15 is 0 Å². The lowest BCUT2D eigenvalue weighted by Gasteiger charge is -2.26. The molecule has 5 aromatic rings. The van der Waals surface area contributed by atoms with Crippen molar-refractivity contribution in [2.45, 2.75) is 19.5 Å². The molecular weight excluding hydrogens is 376 g/mol. The van der Waals surface area contributed by atoms with E-state index in [1.54, 1.807) is 11.3 Å². The second-order valence-electron chi connectivity index (χ2n) is 7.65. The second kappa shape index (κ2) is 6.83. The molecule has 0 bridgehead atoms. The minimum Gasteiger partial charge on any atom is -0.461 e. The number of hydrogen-bond acceptors (Lipinski definition) is 4. The normalized spacial score (nSPS) is 14.5. The molecule has 3 nitrogen and oxygen atoms in total. The molecule has 0 amide bonds. The number of benzene rings is 3. The molecule has 0 saturated carbocycles. The fraction of sp³-hybridized carbons (Fsp3) is 0.160. The minimum atomic E-state index is 0.942. The molecule has 1 aliphatic rings. The van der Waals surface area contributed by atoms with Crippen LogP contribution in [0.1, 0.15) is 16.9 Å².